The Kier molecular flexibility index (Phi) is 6.02. The van der Waals surface area contributed by atoms with Crippen LogP contribution in [0.25, 0.3) is 0 Å². The highest BCUT2D eigenvalue weighted by molar-refractivity contribution is 7.91. The van der Waals surface area contributed by atoms with Crippen molar-refractivity contribution in [2.45, 2.75) is 50.9 Å². The van der Waals surface area contributed by atoms with Crippen molar-refractivity contribution in [2.24, 2.45) is 4.40 Å². The molecule has 2 aromatic rings. The van der Waals surface area contributed by atoms with E-state index in [1.807, 2.05) is 69.3 Å². The van der Waals surface area contributed by atoms with Crippen molar-refractivity contribution in [2.75, 3.05) is 0 Å². The molecule has 0 N–H and O–H groups in total. The number of esters is 1. The van der Waals surface area contributed by atoms with Crippen LogP contribution in [0.15, 0.2) is 52.9 Å². The van der Waals surface area contributed by atoms with Gasteiger partial charge in [-0.1, -0.05) is 46.9 Å². The zero-order valence-electron chi connectivity index (χ0n) is 16.0. The number of hydrogen-bond acceptors (Lipinski definition) is 4. The minimum atomic E-state index is -1.27. The minimum absolute atomic E-state index is 0.0909. The number of carbonyl (C=O) groups is 1. The molecule has 27 heavy (non-hydrogen) atoms. The van der Waals surface area contributed by atoms with Crippen LogP contribution in [0.2, 0.25) is 0 Å². The Morgan fingerprint density at radius 2 is 1.96 bits per heavy atom. The van der Waals surface area contributed by atoms with E-state index in [9.17, 15) is 9.35 Å². The van der Waals surface area contributed by atoms with Gasteiger partial charge >= 0.3 is 5.97 Å². The van der Waals surface area contributed by atoms with E-state index in [1.165, 1.54) is 0 Å². The van der Waals surface area contributed by atoms with Crippen molar-refractivity contribution in [3.8, 4) is 0 Å². The highest BCUT2D eigenvalue weighted by Gasteiger charge is 2.29. The number of ether oxygens (including phenoxy) is 1. The molecule has 0 aromatic heterocycles. The van der Waals surface area contributed by atoms with Gasteiger partial charge in [-0.05, 0) is 56.4 Å². The number of fused-ring (bicyclic) bond motifs is 1. The predicted octanol–water partition coefficient (Wildman–Crippen LogP) is 4.61. The molecule has 0 aliphatic heterocycles. The average Bonchev–Trinajstić information content (AvgIpc) is 3.07. The SMILES string of the molecule is CC(C)(C)[S+]([O-])N=CC1CCc2c(C(=O)OCc3ccccc3)cccc21. The van der Waals surface area contributed by atoms with Gasteiger partial charge in [0.2, 0.25) is 0 Å². The molecule has 0 saturated carbocycles. The summed E-state index contributed by atoms with van der Waals surface area (Å²) < 4.78 is 21.5. The smallest absolute Gasteiger partial charge is 0.338 e. The maximum absolute atomic E-state index is 12.6. The second kappa shape index (κ2) is 8.28. The summed E-state index contributed by atoms with van der Waals surface area (Å²) in [5.41, 5.74) is 3.69. The van der Waals surface area contributed by atoms with E-state index < -0.39 is 11.4 Å². The Bertz CT molecular complexity index is 827. The first-order chi connectivity index (χ1) is 12.9. The molecule has 0 heterocycles. The van der Waals surface area contributed by atoms with Crippen LogP contribution in [-0.4, -0.2) is 21.5 Å². The van der Waals surface area contributed by atoms with E-state index in [-0.39, 0.29) is 23.2 Å². The Hall–Kier alpha value is -2.11. The fourth-order valence-corrected chi connectivity index (χ4v) is 3.69. The number of benzene rings is 2. The Morgan fingerprint density at radius 3 is 2.67 bits per heavy atom. The third-order valence-electron chi connectivity index (χ3n) is 4.61. The fraction of sp³-hybridized carbons (Fsp3) is 0.364. The monoisotopic (exact) mass is 383 g/mol. The first kappa shape index (κ1) is 19.6. The van der Waals surface area contributed by atoms with Gasteiger partial charge in [0, 0.05) is 5.92 Å². The van der Waals surface area contributed by atoms with E-state index in [1.54, 1.807) is 6.21 Å². The van der Waals surface area contributed by atoms with Crippen LogP contribution >= 0.6 is 0 Å². The molecular formula is C22H25NO3S. The largest absolute Gasteiger partial charge is 0.591 e. The Morgan fingerprint density at radius 1 is 1.22 bits per heavy atom. The van der Waals surface area contributed by atoms with Crippen LogP contribution in [0, 0.1) is 0 Å². The molecule has 0 radical (unpaired) electrons. The molecule has 3 rings (SSSR count). The van der Waals surface area contributed by atoms with Crippen LogP contribution in [0.1, 0.15) is 60.2 Å². The summed E-state index contributed by atoms with van der Waals surface area (Å²) in [7, 11) is 0. The van der Waals surface area contributed by atoms with E-state index in [4.69, 9.17) is 4.74 Å². The van der Waals surface area contributed by atoms with Crippen molar-refractivity contribution in [3.05, 3.63) is 70.8 Å². The van der Waals surface area contributed by atoms with Crippen LogP contribution in [0.4, 0.5) is 0 Å². The third kappa shape index (κ3) is 4.79. The number of nitrogens with zero attached hydrogens (tertiary/aromatic N) is 1. The lowest BCUT2D eigenvalue weighted by Crippen LogP contribution is -2.26. The number of hydrogen-bond donors (Lipinski definition) is 0. The molecule has 5 heteroatoms. The van der Waals surface area contributed by atoms with Crippen LogP contribution in [-0.2, 0) is 29.1 Å². The highest BCUT2D eigenvalue weighted by Crippen LogP contribution is 2.34. The topological polar surface area (TPSA) is 61.7 Å². The Labute approximate surface area is 164 Å². The van der Waals surface area contributed by atoms with Gasteiger partial charge in [0.25, 0.3) is 0 Å². The van der Waals surface area contributed by atoms with Crippen molar-refractivity contribution in [3.63, 3.8) is 0 Å². The van der Waals surface area contributed by atoms with Crippen molar-refractivity contribution in [1.82, 2.24) is 0 Å². The normalized spacial score (nSPS) is 17.7. The van der Waals surface area contributed by atoms with Gasteiger partial charge in [-0.15, -0.1) is 0 Å². The minimum Gasteiger partial charge on any atom is -0.591 e. The van der Waals surface area contributed by atoms with Gasteiger partial charge < -0.3 is 9.29 Å². The molecular weight excluding hydrogens is 358 g/mol. The highest BCUT2D eigenvalue weighted by atomic mass is 32.2. The lowest BCUT2D eigenvalue weighted by atomic mass is 9.99. The summed E-state index contributed by atoms with van der Waals surface area (Å²) in [5.74, 6) is -0.209. The van der Waals surface area contributed by atoms with Gasteiger partial charge in [0.15, 0.2) is 0 Å². The summed E-state index contributed by atoms with van der Waals surface area (Å²) in [5, 5.41) is 0. The molecule has 0 spiro atoms. The summed E-state index contributed by atoms with van der Waals surface area (Å²) in [6.45, 7) is 5.98. The van der Waals surface area contributed by atoms with Crippen LogP contribution in [0.5, 0.6) is 0 Å². The molecule has 1 aliphatic carbocycles. The van der Waals surface area contributed by atoms with E-state index >= 15 is 0 Å². The van der Waals surface area contributed by atoms with Gasteiger partial charge in [0.05, 0.1) is 11.8 Å². The summed E-state index contributed by atoms with van der Waals surface area (Å²) in [4.78, 5) is 12.6. The molecule has 142 valence electrons. The molecule has 0 amide bonds. The maximum Gasteiger partial charge on any atom is 0.338 e. The van der Waals surface area contributed by atoms with Crippen LogP contribution < -0.4 is 0 Å². The zero-order chi connectivity index (χ0) is 19.4. The van der Waals surface area contributed by atoms with Crippen molar-refractivity contribution in [1.29, 1.82) is 0 Å². The summed E-state index contributed by atoms with van der Waals surface area (Å²) >= 11 is -1.27. The van der Waals surface area contributed by atoms with E-state index in [0.717, 1.165) is 29.5 Å². The van der Waals surface area contributed by atoms with Gasteiger partial charge in [-0.25, -0.2) is 4.79 Å². The fourth-order valence-electron chi connectivity index (χ4n) is 3.12. The molecule has 0 fully saturated rings. The lowest BCUT2D eigenvalue weighted by Gasteiger charge is -2.18. The molecule has 4 nitrogen and oxygen atoms in total. The van der Waals surface area contributed by atoms with Crippen LogP contribution in [0.3, 0.4) is 0 Å². The molecule has 0 saturated heterocycles. The molecule has 2 aromatic carbocycles. The number of carbonyl (C=O) groups excluding carboxylic acids is 1. The zero-order valence-corrected chi connectivity index (χ0v) is 16.8. The maximum atomic E-state index is 12.6. The average molecular weight is 384 g/mol. The molecule has 2 atom stereocenters. The van der Waals surface area contributed by atoms with E-state index in [0.29, 0.717) is 5.56 Å². The van der Waals surface area contributed by atoms with Gasteiger partial charge in [0.1, 0.15) is 22.7 Å². The first-order valence-corrected chi connectivity index (χ1v) is 10.3. The molecule has 1 aliphatic rings. The summed E-state index contributed by atoms with van der Waals surface area (Å²) in [6, 6.07) is 15.4. The quantitative estimate of drug-likeness (QED) is 0.430. The van der Waals surface area contributed by atoms with Crippen molar-refractivity contribution < 1.29 is 14.1 Å². The standard InChI is InChI=1S/C22H25NO3S/c1-22(2,3)27(25)23-14-17-12-13-19-18(17)10-7-11-20(19)21(24)26-15-16-8-5-4-6-9-16/h4-11,14,17H,12-13,15H2,1-3H3. The number of rotatable bonds is 5. The molecule has 0 bridgehead atoms. The van der Waals surface area contributed by atoms with E-state index in [2.05, 4.69) is 4.40 Å². The predicted molar refractivity (Wildman–Crippen MR) is 109 cm³/mol. The molecule has 2 unspecified atom stereocenters. The van der Waals surface area contributed by atoms with Gasteiger partial charge in [-0.3, -0.25) is 0 Å². The summed E-state index contributed by atoms with van der Waals surface area (Å²) in [6.07, 6.45) is 3.44. The second-order valence-electron chi connectivity index (χ2n) is 7.70. The second-order valence-corrected chi connectivity index (χ2v) is 9.63. The third-order valence-corrected chi connectivity index (χ3v) is 5.97. The lowest BCUT2D eigenvalue weighted by molar-refractivity contribution is 0.0471. The van der Waals surface area contributed by atoms with Crippen molar-refractivity contribution >= 4 is 23.5 Å². The Balaban J connectivity index is 1.72. The first-order valence-electron chi connectivity index (χ1n) is 9.15. The van der Waals surface area contributed by atoms with Gasteiger partial charge in [-0.2, -0.15) is 0 Å².